The highest BCUT2D eigenvalue weighted by Gasteiger charge is 2.27. The van der Waals surface area contributed by atoms with E-state index in [0.29, 0.717) is 13.3 Å². The lowest BCUT2D eigenvalue weighted by Crippen LogP contribution is -2.60. The van der Waals surface area contributed by atoms with Gasteiger partial charge in [0.15, 0.2) is 0 Å². The van der Waals surface area contributed by atoms with Crippen molar-refractivity contribution in [1.82, 2.24) is 15.8 Å². The molecule has 1 fully saturated rings. The third-order valence-electron chi connectivity index (χ3n) is 2.98. The van der Waals surface area contributed by atoms with Crippen LogP contribution in [0.3, 0.4) is 0 Å². The van der Waals surface area contributed by atoms with Gasteiger partial charge in [0.25, 0.3) is 0 Å². The van der Waals surface area contributed by atoms with E-state index in [0.717, 1.165) is 16.8 Å². The number of hydrogen-bond donors (Lipinski definition) is 2. The van der Waals surface area contributed by atoms with E-state index in [-0.39, 0.29) is 6.03 Å². The van der Waals surface area contributed by atoms with Crippen LogP contribution in [0.15, 0.2) is 18.2 Å². The van der Waals surface area contributed by atoms with Crippen molar-refractivity contribution in [1.29, 1.82) is 0 Å². The van der Waals surface area contributed by atoms with Crippen molar-refractivity contribution in [3.8, 4) is 0 Å². The Morgan fingerprint density at radius 3 is 2.47 bits per heavy atom. The SMILES string of the molecule is CNN1CNCN(c2c(C)cccc2C)C1=O. The summed E-state index contributed by atoms with van der Waals surface area (Å²) in [7, 11) is 1.74. The molecular formula is C12H18N4O. The summed E-state index contributed by atoms with van der Waals surface area (Å²) in [5, 5.41) is 4.74. The van der Waals surface area contributed by atoms with E-state index < -0.39 is 0 Å². The molecular weight excluding hydrogens is 216 g/mol. The largest absolute Gasteiger partial charge is 0.341 e. The Labute approximate surface area is 101 Å². The topological polar surface area (TPSA) is 47.6 Å². The molecule has 5 heteroatoms. The highest BCUT2D eigenvalue weighted by molar-refractivity contribution is 5.93. The van der Waals surface area contributed by atoms with Crippen LogP contribution in [-0.4, -0.2) is 31.4 Å². The smallest absolute Gasteiger partial charge is 0.281 e. The van der Waals surface area contributed by atoms with Crippen molar-refractivity contribution in [2.75, 3.05) is 25.3 Å². The molecule has 0 unspecified atom stereocenters. The standard InChI is InChI=1S/C12H18N4O/c1-9-5-4-6-10(2)11(9)15-7-14-8-16(13-3)12(15)17/h4-6,13-14H,7-8H2,1-3H3. The third-order valence-corrected chi connectivity index (χ3v) is 2.98. The fraction of sp³-hybridized carbons (Fsp3) is 0.417. The first kappa shape index (κ1) is 11.9. The minimum Gasteiger partial charge on any atom is -0.281 e. The first-order valence-electron chi connectivity index (χ1n) is 5.68. The maximum Gasteiger partial charge on any atom is 0.341 e. The van der Waals surface area contributed by atoms with Crippen LogP contribution >= 0.6 is 0 Å². The van der Waals surface area contributed by atoms with Crippen molar-refractivity contribution in [3.63, 3.8) is 0 Å². The van der Waals surface area contributed by atoms with Crippen LogP contribution in [0.2, 0.25) is 0 Å². The molecule has 1 aromatic carbocycles. The number of hydrazine groups is 1. The number of carbonyl (C=O) groups excluding carboxylic acids is 1. The minimum atomic E-state index is -0.0244. The molecule has 17 heavy (non-hydrogen) atoms. The van der Waals surface area contributed by atoms with Crippen LogP contribution in [0.1, 0.15) is 11.1 Å². The van der Waals surface area contributed by atoms with E-state index in [1.165, 1.54) is 0 Å². The molecule has 5 nitrogen and oxygen atoms in total. The zero-order valence-corrected chi connectivity index (χ0v) is 10.4. The second-order valence-electron chi connectivity index (χ2n) is 4.17. The number of amides is 2. The van der Waals surface area contributed by atoms with Gasteiger partial charge in [-0.15, -0.1) is 0 Å². The summed E-state index contributed by atoms with van der Waals surface area (Å²) in [4.78, 5) is 14.0. The number of urea groups is 1. The second kappa shape index (κ2) is 4.73. The van der Waals surface area contributed by atoms with Crippen molar-refractivity contribution in [3.05, 3.63) is 29.3 Å². The number of nitrogens with one attached hydrogen (secondary N) is 2. The summed E-state index contributed by atoms with van der Waals surface area (Å²) in [5.74, 6) is 0. The zero-order valence-electron chi connectivity index (χ0n) is 10.4. The van der Waals surface area contributed by atoms with Crippen molar-refractivity contribution < 1.29 is 4.79 Å². The van der Waals surface area contributed by atoms with E-state index in [2.05, 4.69) is 10.7 Å². The van der Waals surface area contributed by atoms with Crippen LogP contribution in [0, 0.1) is 13.8 Å². The number of para-hydroxylation sites is 1. The molecule has 0 bridgehead atoms. The van der Waals surface area contributed by atoms with E-state index in [1.807, 2.05) is 32.0 Å². The van der Waals surface area contributed by atoms with Gasteiger partial charge in [0.05, 0.1) is 19.0 Å². The summed E-state index contributed by atoms with van der Waals surface area (Å²) in [6, 6.07) is 6.02. The molecule has 0 radical (unpaired) electrons. The Balaban J connectivity index is 2.36. The van der Waals surface area contributed by atoms with Crippen LogP contribution in [0.25, 0.3) is 0 Å². The first-order valence-corrected chi connectivity index (χ1v) is 5.68. The number of hydrogen-bond acceptors (Lipinski definition) is 3. The fourth-order valence-electron chi connectivity index (χ4n) is 2.14. The average Bonchev–Trinajstić information content (AvgIpc) is 2.31. The van der Waals surface area contributed by atoms with Gasteiger partial charge >= 0.3 is 6.03 Å². The molecule has 2 amide bonds. The Morgan fingerprint density at radius 2 is 1.88 bits per heavy atom. The number of nitrogens with zero attached hydrogens (tertiary/aromatic N) is 2. The Morgan fingerprint density at radius 1 is 1.24 bits per heavy atom. The lowest BCUT2D eigenvalue weighted by atomic mass is 10.1. The fourth-order valence-corrected chi connectivity index (χ4v) is 2.14. The Bertz CT molecular complexity index is 412. The zero-order chi connectivity index (χ0) is 12.4. The number of carbonyl (C=O) groups is 1. The molecule has 0 saturated carbocycles. The van der Waals surface area contributed by atoms with Gasteiger partial charge in [-0.3, -0.25) is 10.2 Å². The van der Waals surface area contributed by atoms with Gasteiger partial charge < -0.3 is 0 Å². The summed E-state index contributed by atoms with van der Waals surface area (Å²) in [5.41, 5.74) is 6.08. The summed E-state index contributed by atoms with van der Waals surface area (Å²) < 4.78 is 0. The minimum absolute atomic E-state index is 0.0244. The molecule has 0 aromatic heterocycles. The molecule has 1 saturated heterocycles. The molecule has 2 rings (SSSR count). The Kier molecular flexibility index (Phi) is 3.31. The molecule has 0 atom stereocenters. The van der Waals surface area contributed by atoms with Gasteiger partial charge in [-0.1, -0.05) is 18.2 Å². The van der Waals surface area contributed by atoms with Crippen molar-refractivity contribution in [2.45, 2.75) is 13.8 Å². The Hall–Kier alpha value is -1.59. The molecule has 2 N–H and O–H groups in total. The third kappa shape index (κ3) is 2.11. The average molecular weight is 234 g/mol. The van der Waals surface area contributed by atoms with E-state index in [9.17, 15) is 4.79 Å². The van der Waals surface area contributed by atoms with Gasteiger partial charge in [0, 0.05) is 7.05 Å². The normalized spacial score (nSPS) is 16.5. The second-order valence-corrected chi connectivity index (χ2v) is 4.17. The number of aryl methyl sites for hydroxylation is 2. The van der Waals surface area contributed by atoms with Crippen LogP contribution in [-0.2, 0) is 0 Å². The van der Waals surface area contributed by atoms with Crippen LogP contribution in [0.4, 0.5) is 10.5 Å². The van der Waals surface area contributed by atoms with Gasteiger partial charge in [0.2, 0.25) is 0 Å². The summed E-state index contributed by atoms with van der Waals surface area (Å²) in [6.45, 7) is 5.11. The van der Waals surface area contributed by atoms with Gasteiger partial charge in [-0.25, -0.2) is 15.2 Å². The maximum atomic E-state index is 12.2. The molecule has 92 valence electrons. The number of benzene rings is 1. The summed E-state index contributed by atoms with van der Waals surface area (Å²) in [6.07, 6.45) is 0. The monoisotopic (exact) mass is 234 g/mol. The molecule has 1 aliphatic heterocycles. The number of rotatable bonds is 2. The van der Waals surface area contributed by atoms with Crippen molar-refractivity contribution >= 4 is 11.7 Å². The molecule has 1 heterocycles. The predicted molar refractivity (Wildman–Crippen MR) is 67.6 cm³/mol. The predicted octanol–water partition coefficient (Wildman–Crippen LogP) is 1.18. The molecule has 0 aliphatic carbocycles. The van der Waals surface area contributed by atoms with E-state index in [1.54, 1.807) is 17.0 Å². The van der Waals surface area contributed by atoms with E-state index in [4.69, 9.17) is 0 Å². The van der Waals surface area contributed by atoms with Gasteiger partial charge in [0.1, 0.15) is 0 Å². The quantitative estimate of drug-likeness (QED) is 0.808. The van der Waals surface area contributed by atoms with Crippen molar-refractivity contribution in [2.24, 2.45) is 0 Å². The number of anilines is 1. The van der Waals surface area contributed by atoms with E-state index >= 15 is 0 Å². The van der Waals surface area contributed by atoms with Crippen LogP contribution in [0.5, 0.6) is 0 Å². The lowest BCUT2D eigenvalue weighted by Gasteiger charge is -2.36. The van der Waals surface area contributed by atoms with Crippen LogP contribution < -0.4 is 15.6 Å². The molecule has 1 aromatic rings. The lowest BCUT2D eigenvalue weighted by molar-refractivity contribution is 0.165. The highest BCUT2D eigenvalue weighted by Crippen LogP contribution is 2.25. The van der Waals surface area contributed by atoms with Gasteiger partial charge in [-0.05, 0) is 25.0 Å². The first-order chi connectivity index (χ1) is 8.15. The molecule has 1 aliphatic rings. The maximum absolute atomic E-state index is 12.2. The molecule has 0 spiro atoms. The highest BCUT2D eigenvalue weighted by atomic mass is 16.2. The van der Waals surface area contributed by atoms with Gasteiger partial charge in [-0.2, -0.15) is 0 Å². The summed E-state index contributed by atoms with van der Waals surface area (Å²) >= 11 is 0.